The van der Waals surface area contributed by atoms with Crippen LogP contribution in [0.1, 0.15) is 24.2 Å². The fraction of sp³-hybridized carbons (Fsp3) is 0.214. The molecule has 1 aromatic carbocycles. The molecule has 1 atom stereocenters. The summed E-state index contributed by atoms with van der Waals surface area (Å²) in [4.78, 5) is 5.58. The van der Waals surface area contributed by atoms with E-state index >= 15 is 0 Å². The Morgan fingerprint density at radius 3 is 3.05 bits per heavy atom. The number of halogens is 1. The highest BCUT2D eigenvalue weighted by molar-refractivity contribution is 7.15. The third kappa shape index (κ3) is 2.66. The van der Waals surface area contributed by atoms with E-state index in [1.807, 2.05) is 40.2 Å². The van der Waals surface area contributed by atoms with Gasteiger partial charge in [-0.1, -0.05) is 29.8 Å². The molecule has 1 N–H and O–H groups in total. The molecule has 0 aliphatic carbocycles. The number of hydrogen-bond acceptors (Lipinski definition) is 3. The van der Waals surface area contributed by atoms with Crippen molar-refractivity contribution in [2.45, 2.75) is 19.5 Å². The van der Waals surface area contributed by atoms with Crippen LogP contribution in [0.15, 0.2) is 42.0 Å². The van der Waals surface area contributed by atoms with Crippen molar-refractivity contribution in [2.75, 3.05) is 0 Å². The van der Waals surface area contributed by atoms with Crippen LogP contribution < -0.4 is 5.32 Å². The van der Waals surface area contributed by atoms with E-state index in [2.05, 4.69) is 23.4 Å². The minimum Gasteiger partial charge on any atom is -0.304 e. The van der Waals surface area contributed by atoms with Gasteiger partial charge in [-0.3, -0.25) is 4.40 Å². The SMILES string of the molecule is C[C@@H](NCc1cn2ccsc2n1)c1ccccc1Cl. The summed E-state index contributed by atoms with van der Waals surface area (Å²) in [6.45, 7) is 2.85. The van der Waals surface area contributed by atoms with Gasteiger partial charge >= 0.3 is 0 Å². The summed E-state index contributed by atoms with van der Waals surface area (Å²) in [5, 5.41) is 6.28. The van der Waals surface area contributed by atoms with E-state index in [1.165, 1.54) is 0 Å². The third-order valence-electron chi connectivity index (χ3n) is 3.10. The molecule has 19 heavy (non-hydrogen) atoms. The van der Waals surface area contributed by atoms with E-state index in [-0.39, 0.29) is 6.04 Å². The molecule has 0 spiro atoms. The number of nitrogens with zero attached hydrogens (tertiary/aromatic N) is 2. The van der Waals surface area contributed by atoms with Crippen LogP contribution in [0.5, 0.6) is 0 Å². The molecule has 0 aliphatic heterocycles. The summed E-state index contributed by atoms with van der Waals surface area (Å²) in [5.41, 5.74) is 2.16. The molecule has 3 aromatic rings. The molecule has 0 radical (unpaired) electrons. The average molecular weight is 292 g/mol. The summed E-state index contributed by atoms with van der Waals surface area (Å²) >= 11 is 7.83. The van der Waals surface area contributed by atoms with Gasteiger partial charge in [-0.15, -0.1) is 11.3 Å². The summed E-state index contributed by atoms with van der Waals surface area (Å²) in [7, 11) is 0. The minimum atomic E-state index is 0.202. The second kappa shape index (κ2) is 5.33. The molecule has 0 fully saturated rings. The minimum absolute atomic E-state index is 0.202. The molecule has 0 saturated heterocycles. The number of fused-ring (bicyclic) bond motifs is 1. The van der Waals surface area contributed by atoms with Gasteiger partial charge < -0.3 is 5.32 Å². The summed E-state index contributed by atoms with van der Waals surface area (Å²) < 4.78 is 2.04. The van der Waals surface area contributed by atoms with Crippen LogP contribution in [0.3, 0.4) is 0 Å². The van der Waals surface area contributed by atoms with E-state index < -0.39 is 0 Å². The van der Waals surface area contributed by atoms with Crippen molar-refractivity contribution in [3.05, 3.63) is 58.3 Å². The number of rotatable bonds is 4. The van der Waals surface area contributed by atoms with Crippen molar-refractivity contribution in [1.29, 1.82) is 0 Å². The highest BCUT2D eigenvalue weighted by Gasteiger charge is 2.09. The normalized spacial score (nSPS) is 12.9. The Hall–Kier alpha value is -1.36. The van der Waals surface area contributed by atoms with Gasteiger partial charge in [-0.05, 0) is 18.6 Å². The molecule has 0 bridgehead atoms. The largest absolute Gasteiger partial charge is 0.304 e. The predicted molar refractivity (Wildman–Crippen MR) is 79.8 cm³/mol. The smallest absolute Gasteiger partial charge is 0.193 e. The van der Waals surface area contributed by atoms with Crippen LogP contribution in [-0.2, 0) is 6.54 Å². The fourth-order valence-corrected chi connectivity index (χ4v) is 3.07. The molecular formula is C14H14ClN3S. The lowest BCUT2D eigenvalue weighted by Crippen LogP contribution is -2.18. The lowest BCUT2D eigenvalue weighted by Gasteiger charge is -2.14. The second-order valence-electron chi connectivity index (χ2n) is 4.45. The molecule has 0 saturated carbocycles. The Kier molecular flexibility index (Phi) is 3.55. The molecule has 2 aromatic heterocycles. The summed E-state index contributed by atoms with van der Waals surface area (Å²) in [6, 6.07) is 8.12. The molecule has 2 heterocycles. The van der Waals surface area contributed by atoms with Crippen molar-refractivity contribution in [1.82, 2.24) is 14.7 Å². The highest BCUT2D eigenvalue weighted by Crippen LogP contribution is 2.22. The van der Waals surface area contributed by atoms with Gasteiger partial charge in [0.15, 0.2) is 4.96 Å². The number of benzene rings is 1. The lowest BCUT2D eigenvalue weighted by atomic mass is 10.1. The molecule has 98 valence electrons. The Morgan fingerprint density at radius 2 is 2.26 bits per heavy atom. The van der Waals surface area contributed by atoms with Crippen LogP contribution in [0, 0.1) is 0 Å². The Morgan fingerprint density at radius 1 is 1.42 bits per heavy atom. The van der Waals surface area contributed by atoms with Crippen molar-refractivity contribution in [3.63, 3.8) is 0 Å². The average Bonchev–Trinajstić information content (AvgIpc) is 2.97. The lowest BCUT2D eigenvalue weighted by molar-refractivity contribution is 0.569. The van der Waals surface area contributed by atoms with Crippen molar-refractivity contribution < 1.29 is 0 Å². The zero-order valence-corrected chi connectivity index (χ0v) is 12.1. The summed E-state index contributed by atoms with van der Waals surface area (Å²) in [6.07, 6.45) is 4.08. The molecule has 0 amide bonds. The first-order valence-electron chi connectivity index (χ1n) is 6.13. The van der Waals surface area contributed by atoms with Crippen molar-refractivity contribution in [3.8, 4) is 0 Å². The van der Waals surface area contributed by atoms with E-state index in [4.69, 9.17) is 11.6 Å². The van der Waals surface area contributed by atoms with E-state index in [0.717, 1.165) is 27.8 Å². The molecule has 3 nitrogen and oxygen atoms in total. The number of hydrogen-bond donors (Lipinski definition) is 1. The van der Waals surface area contributed by atoms with Gasteiger partial charge in [0, 0.05) is 35.4 Å². The monoisotopic (exact) mass is 291 g/mol. The molecular weight excluding hydrogens is 278 g/mol. The van der Waals surface area contributed by atoms with E-state index in [1.54, 1.807) is 11.3 Å². The van der Waals surface area contributed by atoms with Crippen LogP contribution in [-0.4, -0.2) is 9.38 Å². The molecule has 3 rings (SSSR count). The maximum Gasteiger partial charge on any atom is 0.193 e. The number of aromatic nitrogens is 2. The third-order valence-corrected chi connectivity index (χ3v) is 4.22. The standard InChI is InChI=1S/C14H14ClN3S/c1-10(12-4-2-3-5-13(12)15)16-8-11-9-18-6-7-19-14(18)17-11/h2-7,9-10,16H,8H2,1H3/t10-/m1/s1. The van der Waals surface area contributed by atoms with Crippen LogP contribution in [0.4, 0.5) is 0 Å². The van der Waals surface area contributed by atoms with Gasteiger partial charge in [0.05, 0.1) is 5.69 Å². The van der Waals surface area contributed by atoms with Gasteiger partial charge in [-0.2, -0.15) is 0 Å². The Labute approximate surface area is 120 Å². The van der Waals surface area contributed by atoms with Crippen molar-refractivity contribution >= 4 is 27.9 Å². The van der Waals surface area contributed by atoms with E-state index in [9.17, 15) is 0 Å². The number of thiazole rings is 1. The van der Waals surface area contributed by atoms with E-state index in [0.29, 0.717) is 0 Å². The van der Waals surface area contributed by atoms with Crippen molar-refractivity contribution in [2.24, 2.45) is 0 Å². The quantitative estimate of drug-likeness (QED) is 0.790. The number of imidazole rings is 1. The molecule has 0 unspecified atom stereocenters. The van der Waals surface area contributed by atoms with Crippen LogP contribution in [0.25, 0.3) is 4.96 Å². The Bertz CT molecular complexity index is 660. The Balaban J connectivity index is 1.69. The van der Waals surface area contributed by atoms with Gasteiger partial charge in [0.1, 0.15) is 0 Å². The second-order valence-corrected chi connectivity index (χ2v) is 5.73. The zero-order valence-electron chi connectivity index (χ0n) is 10.5. The summed E-state index contributed by atoms with van der Waals surface area (Å²) in [5.74, 6) is 0. The van der Waals surface area contributed by atoms with Gasteiger partial charge in [0.25, 0.3) is 0 Å². The highest BCUT2D eigenvalue weighted by atomic mass is 35.5. The van der Waals surface area contributed by atoms with Gasteiger partial charge in [-0.25, -0.2) is 4.98 Å². The maximum atomic E-state index is 6.19. The van der Waals surface area contributed by atoms with Crippen LogP contribution >= 0.6 is 22.9 Å². The number of nitrogens with one attached hydrogen (secondary N) is 1. The topological polar surface area (TPSA) is 29.3 Å². The first-order chi connectivity index (χ1) is 9.24. The van der Waals surface area contributed by atoms with Crippen LogP contribution in [0.2, 0.25) is 5.02 Å². The zero-order chi connectivity index (χ0) is 13.2. The first-order valence-corrected chi connectivity index (χ1v) is 7.38. The first kappa shape index (κ1) is 12.7. The van der Waals surface area contributed by atoms with Gasteiger partial charge in [0.2, 0.25) is 0 Å². The molecule has 0 aliphatic rings. The predicted octanol–water partition coefficient (Wildman–Crippen LogP) is 3.90. The maximum absolute atomic E-state index is 6.19. The fourth-order valence-electron chi connectivity index (χ4n) is 2.06. The molecule has 5 heteroatoms.